The average Bonchev–Trinajstić information content (AvgIpc) is 2.63. The second-order valence-corrected chi connectivity index (χ2v) is 6.11. The monoisotopic (exact) mass is 340 g/mol. The summed E-state index contributed by atoms with van der Waals surface area (Å²) in [6, 6.07) is 17.0. The van der Waals surface area contributed by atoms with Gasteiger partial charge < -0.3 is 10.2 Å². The first-order chi connectivity index (χ1) is 12.0. The van der Waals surface area contributed by atoms with E-state index in [0.29, 0.717) is 6.54 Å². The molecule has 0 spiro atoms. The largest absolute Gasteiger partial charge is 0.341 e. The zero-order valence-electron chi connectivity index (χ0n) is 15.0. The first-order valence-corrected chi connectivity index (χ1v) is 8.52. The van der Waals surface area contributed by atoms with Gasteiger partial charge in [0.05, 0.1) is 7.05 Å². The Morgan fingerprint density at radius 2 is 1.60 bits per heavy atom. The van der Waals surface area contributed by atoms with Gasteiger partial charge in [0.15, 0.2) is 6.04 Å². The maximum absolute atomic E-state index is 12.7. The Bertz CT molecular complexity index is 699. The van der Waals surface area contributed by atoms with Gasteiger partial charge in [-0.1, -0.05) is 61.5 Å². The van der Waals surface area contributed by atoms with Crippen LogP contribution in [0.3, 0.4) is 0 Å². The maximum atomic E-state index is 12.7. The van der Waals surface area contributed by atoms with Crippen LogP contribution in [0.25, 0.3) is 0 Å². The zero-order chi connectivity index (χ0) is 18.2. The predicted molar refractivity (Wildman–Crippen MR) is 98.2 cm³/mol. The van der Waals surface area contributed by atoms with Gasteiger partial charge in [-0.15, -0.1) is 0 Å². The topological polar surface area (TPSA) is 62.6 Å². The van der Waals surface area contributed by atoms with E-state index in [1.54, 1.807) is 0 Å². The molecule has 2 rings (SSSR count). The molecular weight excluding hydrogens is 314 g/mol. The molecule has 0 aliphatic carbocycles. The van der Waals surface area contributed by atoms with Crippen LogP contribution >= 0.6 is 0 Å². The number of urea groups is 1. The van der Waals surface area contributed by atoms with Crippen LogP contribution in [0.1, 0.15) is 29.7 Å². The van der Waals surface area contributed by atoms with Gasteiger partial charge in [-0.05, 0) is 12.0 Å². The number of aryl methyl sites for hydroxylation is 1. The maximum Gasteiger partial charge on any atom is 0.321 e. The molecule has 0 bridgehead atoms. The lowest BCUT2D eigenvalue weighted by Crippen LogP contribution is -3.09. The lowest BCUT2D eigenvalue weighted by molar-refractivity contribution is -0.916. The van der Waals surface area contributed by atoms with Gasteiger partial charge >= 0.3 is 6.03 Å². The summed E-state index contributed by atoms with van der Waals surface area (Å²) in [4.78, 5) is 25.2. The summed E-state index contributed by atoms with van der Waals surface area (Å²) in [5, 5.41) is 4.83. The lowest BCUT2D eigenvalue weighted by atomic mass is 10.0. The molecule has 0 aliphatic heterocycles. The van der Waals surface area contributed by atoms with Gasteiger partial charge in [0, 0.05) is 18.2 Å². The molecule has 0 radical (unpaired) electrons. The van der Waals surface area contributed by atoms with E-state index in [0.717, 1.165) is 22.4 Å². The van der Waals surface area contributed by atoms with Gasteiger partial charge in [0.1, 0.15) is 6.54 Å². The van der Waals surface area contributed by atoms with Gasteiger partial charge in [-0.2, -0.15) is 0 Å². The van der Waals surface area contributed by atoms with Crippen molar-refractivity contribution in [1.29, 1.82) is 0 Å². The fraction of sp³-hybridized carbons (Fsp3) is 0.300. The Balaban J connectivity index is 2.21. The zero-order valence-corrected chi connectivity index (χ0v) is 15.0. The third-order valence-electron chi connectivity index (χ3n) is 4.27. The van der Waals surface area contributed by atoms with Crippen LogP contribution in [0.5, 0.6) is 0 Å². The SMILES string of the molecule is CCc1ccc(C[NH+](C)[C@@H](C(=O)NC(=O)NC)c2ccccc2)cc1. The van der Waals surface area contributed by atoms with Crippen molar-refractivity contribution in [2.45, 2.75) is 25.9 Å². The molecule has 2 atom stereocenters. The van der Waals surface area contributed by atoms with Crippen molar-refractivity contribution in [1.82, 2.24) is 10.6 Å². The van der Waals surface area contributed by atoms with E-state index in [2.05, 4.69) is 41.8 Å². The van der Waals surface area contributed by atoms with Crippen LogP contribution in [0.2, 0.25) is 0 Å². The second kappa shape index (κ2) is 8.99. The van der Waals surface area contributed by atoms with Gasteiger partial charge in [0.25, 0.3) is 5.91 Å². The molecule has 132 valence electrons. The number of amides is 3. The Morgan fingerprint density at radius 3 is 2.16 bits per heavy atom. The second-order valence-electron chi connectivity index (χ2n) is 6.11. The minimum absolute atomic E-state index is 0.312. The highest BCUT2D eigenvalue weighted by Crippen LogP contribution is 2.11. The Morgan fingerprint density at radius 1 is 1.00 bits per heavy atom. The molecule has 2 aromatic carbocycles. The molecule has 0 saturated heterocycles. The fourth-order valence-corrected chi connectivity index (χ4v) is 2.87. The number of imide groups is 1. The highest BCUT2D eigenvalue weighted by atomic mass is 16.2. The summed E-state index contributed by atoms with van der Waals surface area (Å²) < 4.78 is 0. The lowest BCUT2D eigenvalue weighted by Gasteiger charge is -2.24. The molecule has 5 nitrogen and oxygen atoms in total. The average molecular weight is 340 g/mol. The van der Waals surface area contributed by atoms with Gasteiger partial charge in [0.2, 0.25) is 0 Å². The molecule has 3 N–H and O–H groups in total. The summed E-state index contributed by atoms with van der Waals surface area (Å²) in [6.45, 7) is 2.81. The highest BCUT2D eigenvalue weighted by molar-refractivity contribution is 5.96. The number of benzene rings is 2. The molecule has 1 unspecified atom stereocenters. The minimum Gasteiger partial charge on any atom is -0.341 e. The van der Waals surface area contributed by atoms with Crippen molar-refractivity contribution in [3.8, 4) is 0 Å². The smallest absolute Gasteiger partial charge is 0.321 e. The van der Waals surface area contributed by atoms with Crippen molar-refractivity contribution >= 4 is 11.9 Å². The molecule has 0 aromatic heterocycles. The van der Waals surface area contributed by atoms with Crippen molar-refractivity contribution in [3.05, 3.63) is 71.3 Å². The molecule has 0 fully saturated rings. The normalized spacial score (nSPS) is 12.9. The minimum atomic E-state index is -0.494. The highest BCUT2D eigenvalue weighted by Gasteiger charge is 2.30. The van der Waals surface area contributed by atoms with E-state index in [9.17, 15) is 9.59 Å². The summed E-state index contributed by atoms with van der Waals surface area (Å²) >= 11 is 0. The first kappa shape index (κ1) is 18.7. The number of quaternary nitrogens is 1. The van der Waals surface area contributed by atoms with Crippen LogP contribution < -0.4 is 15.5 Å². The standard InChI is InChI=1S/C20H25N3O2/c1-4-15-10-12-16(13-11-15)14-23(3)18(17-8-6-5-7-9-17)19(24)22-20(25)21-2/h5-13,18H,4,14H2,1-3H3,(H2,21,22,24,25)/p+1/t18-/m1/s1. The molecule has 3 amide bonds. The summed E-state index contributed by atoms with van der Waals surface area (Å²) in [5.74, 6) is -0.312. The first-order valence-electron chi connectivity index (χ1n) is 8.52. The number of hydrogen-bond donors (Lipinski definition) is 3. The third kappa shape index (κ3) is 5.16. The van der Waals surface area contributed by atoms with Crippen molar-refractivity contribution in [3.63, 3.8) is 0 Å². The van der Waals surface area contributed by atoms with E-state index in [-0.39, 0.29) is 5.91 Å². The Labute approximate surface area is 149 Å². The molecule has 0 heterocycles. The van der Waals surface area contributed by atoms with Crippen molar-refractivity contribution in [2.24, 2.45) is 0 Å². The third-order valence-corrected chi connectivity index (χ3v) is 4.27. The van der Waals surface area contributed by atoms with Crippen LogP contribution in [0.15, 0.2) is 54.6 Å². The summed E-state index contributed by atoms with van der Waals surface area (Å²) in [7, 11) is 3.46. The van der Waals surface area contributed by atoms with Crippen LogP contribution in [0, 0.1) is 0 Å². The van der Waals surface area contributed by atoms with Gasteiger partial charge in [-0.25, -0.2) is 4.79 Å². The number of carbonyl (C=O) groups is 2. The van der Waals surface area contributed by atoms with E-state index in [4.69, 9.17) is 0 Å². The summed E-state index contributed by atoms with van der Waals surface area (Å²) in [6.07, 6.45) is 1.00. The summed E-state index contributed by atoms with van der Waals surface area (Å²) in [5.41, 5.74) is 3.33. The van der Waals surface area contributed by atoms with Crippen molar-refractivity contribution in [2.75, 3.05) is 14.1 Å². The Kier molecular flexibility index (Phi) is 6.71. The van der Waals surface area contributed by atoms with E-state index in [1.165, 1.54) is 12.6 Å². The van der Waals surface area contributed by atoms with Crippen LogP contribution in [-0.2, 0) is 17.8 Å². The van der Waals surface area contributed by atoms with E-state index < -0.39 is 12.1 Å². The molecule has 5 heteroatoms. The predicted octanol–water partition coefficient (Wildman–Crippen LogP) is 1.46. The fourth-order valence-electron chi connectivity index (χ4n) is 2.87. The number of hydrogen-bond acceptors (Lipinski definition) is 2. The molecule has 25 heavy (non-hydrogen) atoms. The molecule has 2 aromatic rings. The molecule has 0 saturated carbocycles. The van der Waals surface area contributed by atoms with E-state index in [1.807, 2.05) is 37.4 Å². The van der Waals surface area contributed by atoms with Crippen LogP contribution in [0.4, 0.5) is 4.79 Å². The van der Waals surface area contributed by atoms with Crippen molar-refractivity contribution < 1.29 is 14.5 Å². The van der Waals surface area contributed by atoms with Crippen LogP contribution in [-0.4, -0.2) is 26.0 Å². The quantitative estimate of drug-likeness (QED) is 0.745. The number of likely N-dealkylation sites (N-methyl/N-ethyl adjacent to an activating group) is 1. The van der Waals surface area contributed by atoms with E-state index >= 15 is 0 Å². The van der Waals surface area contributed by atoms with Gasteiger partial charge in [-0.3, -0.25) is 10.1 Å². The Hall–Kier alpha value is -2.66. The number of nitrogens with one attached hydrogen (secondary N) is 3. The number of rotatable bonds is 6. The molecular formula is C20H26N3O2+. The molecule has 0 aliphatic rings. The number of carbonyl (C=O) groups excluding carboxylic acids is 2.